The number of carbonyl (C=O) groups excluding carboxylic acids is 4. The summed E-state index contributed by atoms with van der Waals surface area (Å²) < 4.78 is 16.5. The SMILES string of the molecule is CC(C)(C)OC(=O)Nc1cc2c(cc1O)CC[C@H]1[C@@](C)(C(=O)NC(=O)[C@@]3(C)CCC[C@]4(C)c5cc(OC(=O)OC(C)(C)C)ccc5CC[C@@H]34)CCC[C@]21C. The number of aryl methyl sites for hydroxylation is 2. The number of rotatable bonds is 4. The van der Waals surface area contributed by atoms with E-state index in [0.717, 1.165) is 61.6 Å². The topological polar surface area (TPSA) is 140 Å². The highest BCUT2D eigenvalue weighted by molar-refractivity contribution is 6.01. The Morgan fingerprint density at radius 3 is 1.76 bits per heavy atom. The van der Waals surface area contributed by atoms with E-state index < -0.39 is 39.7 Å². The molecule has 0 heterocycles. The predicted molar refractivity (Wildman–Crippen MR) is 207 cm³/mol. The number of amides is 3. The number of phenols is 1. The van der Waals surface area contributed by atoms with Crippen LogP contribution in [-0.4, -0.2) is 40.4 Å². The third kappa shape index (κ3) is 7.22. The Morgan fingerprint density at radius 1 is 0.704 bits per heavy atom. The van der Waals surface area contributed by atoms with Crippen molar-refractivity contribution >= 4 is 29.8 Å². The van der Waals surface area contributed by atoms with E-state index in [2.05, 4.69) is 24.5 Å². The first-order valence-electron chi connectivity index (χ1n) is 19.8. The second-order valence-corrected chi connectivity index (χ2v) is 19.4. The van der Waals surface area contributed by atoms with E-state index in [1.165, 1.54) is 5.56 Å². The number of phenolic OH excluding ortho intramolecular Hbond substituents is 1. The highest BCUT2D eigenvalue weighted by Gasteiger charge is 2.58. The molecule has 54 heavy (non-hydrogen) atoms. The van der Waals surface area contributed by atoms with Crippen LogP contribution in [0.15, 0.2) is 30.3 Å². The van der Waals surface area contributed by atoms with E-state index >= 15 is 0 Å². The van der Waals surface area contributed by atoms with Gasteiger partial charge in [0.15, 0.2) is 0 Å². The molecule has 10 heteroatoms. The Kier molecular flexibility index (Phi) is 9.97. The van der Waals surface area contributed by atoms with Crippen LogP contribution in [-0.2, 0) is 42.7 Å². The lowest BCUT2D eigenvalue weighted by Crippen LogP contribution is -2.60. The van der Waals surface area contributed by atoms with E-state index in [4.69, 9.17) is 14.2 Å². The smallest absolute Gasteiger partial charge is 0.506 e. The first kappa shape index (κ1) is 39.6. The van der Waals surface area contributed by atoms with Crippen LogP contribution < -0.4 is 15.4 Å². The maximum absolute atomic E-state index is 14.6. The van der Waals surface area contributed by atoms with Crippen LogP contribution in [0.5, 0.6) is 11.5 Å². The van der Waals surface area contributed by atoms with Gasteiger partial charge in [-0.2, -0.15) is 0 Å². The molecule has 2 aromatic carbocycles. The van der Waals surface area contributed by atoms with Gasteiger partial charge in [-0.1, -0.05) is 46.6 Å². The molecule has 294 valence electrons. The molecule has 2 saturated carbocycles. The number of benzene rings is 2. The van der Waals surface area contributed by atoms with Crippen molar-refractivity contribution in [3.63, 3.8) is 0 Å². The Hall–Kier alpha value is -4.08. The highest BCUT2D eigenvalue weighted by atomic mass is 16.7. The number of hydrogen-bond donors (Lipinski definition) is 3. The molecule has 0 unspecified atom stereocenters. The second-order valence-electron chi connectivity index (χ2n) is 19.4. The summed E-state index contributed by atoms with van der Waals surface area (Å²) >= 11 is 0. The van der Waals surface area contributed by atoms with Crippen LogP contribution in [0.3, 0.4) is 0 Å². The Labute approximate surface area is 320 Å². The molecule has 4 aliphatic carbocycles. The van der Waals surface area contributed by atoms with Crippen LogP contribution in [0, 0.1) is 22.7 Å². The molecule has 2 aromatic rings. The molecule has 6 rings (SSSR count). The van der Waals surface area contributed by atoms with E-state index in [1.54, 1.807) is 47.6 Å². The van der Waals surface area contributed by atoms with Crippen LogP contribution in [0.2, 0.25) is 0 Å². The summed E-state index contributed by atoms with van der Waals surface area (Å²) in [4.78, 5) is 54.4. The molecule has 4 aliphatic rings. The summed E-state index contributed by atoms with van der Waals surface area (Å²) in [5.41, 5.74) is 0.841. The van der Waals surface area contributed by atoms with Crippen molar-refractivity contribution in [3.05, 3.63) is 52.6 Å². The molecule has 2 fully saturated rings. The van der Waals surface area contributed by atoms with Gasteiger partial charge < -0.3 is 19.3 Å². The van der Waals surface area contributed by atoms with Gasteiger partial charge in [-0.25, -0.2) is 9.59 Å². The number of anilines is 1. The summed E-state index contributed by atoms with van der Waals surface area (Å²) in [6.45, 7) is 19.2. The van der Waals surface area contributed by atoms with Crippen molar-refractivity contribution in [3.8, 4) is 11.5 Å². The number of ether oxygens (including phenoxy) is 3. The monoisotopic (exact) mass is 744 g/mol. The minimum absolute atomic E-state index is 0.0200. The van der Waals surface area contributed by atoms with Gasteiger partial charge in [0.05, 0.1) is 16.5 Å². The second kappa shape index (κ2) is 13.6. The molecule has 3 N–H and O–H groups in total. The average molecular weight is 745 g/mol. The van der Waals surface area contributed by atoms with Crippen molar-refractivity contribution in [1.82, 2.24) is 5.32 Å². The lowest BCUT2D eigenvalue weighted by Gasteiger charge is -2.56. The molecule has 0 bridgehead atoms. The fourth-order valence-electron chi connectivity index (χ4n) is 10.8. The number of carbonyl (C=O) groups is 4. The maximum Gasteiger partial charge on any atom is 0.514 e. The summed E-state index contributed by atoms with van der Waals surface area (Å²) in [6.07, 6.45) is 6.29. The molecule has 0 radical (unpaired) electrons. The number of aromatic hydroxyl groups is 1. The van der Waals surface area contributed by atoms with Crippen molar-refractivity contribution in [2.24, 2.45) is 22.7 Å². The standard InChI is InChI=1S/C44H60N2O8/c1-39(2,3)53-37(50)45-31-25-30-27(23-32(31)47)15-18-34-42(30,8)20-12-22-44(34,10)36(49)46-35(48)43(9)21-11-19-41(7)29-24-28(52-38(51)54-40(4,5)6)16-13-26(29)14-17-33(41)43/h13,16,23-25,33-34,47H,11-12,14-15,17-22H2,1-10H3,(H,45,50)(H,46,48,49)/t33-,34-,41-,42-,43+,44+/m1/s1. The Bertz CT molecular complexity index is 1860. The van der Waals surface area contributed by atoms with Gasteiger partial charge in [-0.05, 0) is 162 Å². The maximum atomic E-state index is 14.6. The molecule has 0 spiro atoms. The van der Waals surface area contributed by atoms with Gasteiger partial charge in [0.2, 0.25) is 11.8 Å². The van der Waals surface area contributed by atoms with Crippen LogP contribution >= 0.6 is 0 Å². The summed E-state index contributed by atoms with van der Waals surface area (Å²) in [5, 5.41) is 16.6. The quantitative estimate of drug-likeness (QED) is 0.122. The molecular formula is C44H60N2O8. The lowest BCUT2D eigenvalue weighted by atomic mass is 9.49. The largest absolute Gasteiger partial charge is 0.514 e. The van der Waals surface area contributed by atoms with Gasteiger partial charge in [0.1, 0.15) is 22.7 Å². The van der Waals surface area contributed by atoms with Crippen LogP contribution in [0.4, 0.5) is 15.3 Å². The first-order chi connectivity index (χ1) is 25.0. The zero-order valence-corrected chi connectivity index (χ0v) is 33.9. The van der Waals surface area contributed by atoms with Crippen molar-refractivity contribution in [2.45, 2.75) is 155 Å². The van der Waals surface area contributed by atoms with Crippen LogP contribution in [0.25, 0.3) is 0 Å². The highest BCUT2D eigenvalue weighted by Crippen LogP contribution is 2.60. The zero-order valence-electron chi connectivity index (χ0n) is 33.9. The fraction of sp³-hybridized carbons (Fsp3) is 0.636. The van der Waals surface area contributed by atoms with Gasteiger partial charge >= 0.3 is 12.2 Å². The number of imide groups is 1. The van der Waals surface area contributed by atoms with Gasteiger partial charge in [-0.3, -0.25) is 20.2 Å². The van der Waals surface area contributed by atoms with Gasteiger partial charge in [-0.15, -0.1) is 0 Å². The average Bonchev–Trinajstić information content (AvgIpc) is 3.03. The molecule has 3 amide bonds. The van der Waals surface area contributed by atoms with Crippen molar-refractivity contribution < 1.29 is 38.5 Å². The molecular weight excluding hydrogens is 684 g/mol. The predicted octanol–water partition coefficient (Wildman–Crippen LogP) is 9.42. The third-order valence-electron chi connectivity index (χ3n) is 13.3. The normalized spacial score (nSPS) is 30.3. The molecule has 0 aromatic heterocycles. The minimum Gasteiger partial charge on any atom is -0.506 e. The summed E-state index contributed by atoms with van der Waals surface area (Å²) in [7, 11) is 0. The summed E-state index contributed by atoms with van der Waals surface area (Å²) in [6, 6.07) is 9.36. The lowest BCUT2D eigenvalue weighted by molar-refractivity contribution is -0.150. The van der Waals surface area contributed by atoms with E-state index in [1.807, 2.05) is 38.1 Å². The fourth-order valence-corrected chi connectivity index (χ4v) is 10.8. The van der Waals surface area contributed by atoms with Gasteiger partial charge in [0, 0.05) is 0 Å². The van der Waals surface area contributed by atoms with Gasteiger partial charge in [0.25, 0.3) is 0 Å². The number of fused-ring (bicyclic) bond motifs is 6. The number of hydrogen-bond acceptors (Lipinski definition) is 8. The van der Waals surface area contributed by atoms with E-state index in [0.29, 0.717) is 25.0 Å². The molecule has 0 saturated heterocycles. The molecule has 6 atom stereocenters. The Morgan fingerprint density at radius 2 is 1.22 bits per heavy atom. The van der Waals surface area contributed by atoms with E-state index in [9.17, 15) is 24.3 Å². The minimum atomic E-state index is -0.807. The van der Waals surface area contributed by atoms with Crippen molar-refractivity contribution in [1.29, 1.82) is 0 Å². The zero-order chi connectivity index (χ0) is 39.6. The van der Waals surface area contributed by atoms with Crippen LogP contribution in [0.1, 0.15) is 143 Å². The summed E-state index contributed by atoms with van der Waals surface area (Å²) in [5.74, 6) is -0.129. The third-order valence-corrected chi connectivity index (χ3v) is 13.3. The first-order valence-corrected chi connectivity index (χ1v) is 19.8. The molecule has 10 nitrogen and oxygen atoms in total. The Balaban J connectivity index is 1.23. The van der Waals surface area contributed by atoms with E-state index in [-0.39, 0.29) is 40.5 Å². The van der Waals surface area contributed by atoms with Crippen molar-refractivity contribution in [2.75, 3.05) is 5.32 Å². The number of nitrogens with one attached hydrogen (secondary N) is 2. The molecule has 0 aliphatic heterocycles.